The van der Waals surface area contributed by atoms with E-state index in [0.29, 0.717) is 6.42 Å². The van der Waals surface area contributed by atoms with E-state index in [2.05, 4.69) is 0 Å². The van der Waals surface area contributed by atoms with Gasteiger partial charge in [0.1, 0.15) is 11.6 Å². The van der Waals surface area contributed by atoms with Gasteiger partial charge < -0.3 is 9.47 Å². The van der Waals surface area contributed by atoms with E-state index < -0.39 is 11.2 Å². The van der Waals surface area contributed by atoms with Crippen LogP contribution in [-0.2, 0) is 19.1 Å². The highest BCUT2D eigenvalue weighted by atomic mass is 16.7. The molecule has 2 bridgehead atoms. The van der Waals surface area contributed by atoms with Crippen LogP contribution in [0.15, 0.2) is 0 Å². The summed E-state index contributed by atoms with van der Waals surface area (Å²) < 4.78 is 11.4. The van der Waals surface area contributed by atoms with Crippen molar-refractivity contribution in [2.24, 2.45) is 11.3 Å². The molecule has 4 heteroatoms. The maximum Gasteiger partial charge on any atom is 0.190 e. The number of ether oxygens (including phenoxy) is 2. The largest absolute Gasteiger partial charge is 0.351 e. The molecule has 1 aliphatic carbocycles. The van der Waals surface area contributed by atoms with Crippen LogP contribution in [0.4, 0.5) is 0 Å². The van der Waals surface area contributed by atoms with Gasteiger partial charge in [-0.05, 0) is 19.8 Å². The van der Waals surface area contributed by atoms with Crippen molar-refractivity contribution in [3.8, 4) is 0 Å². The lowest BCUT2D eigenvalue weighted by molar-refractivity contribution is -0.332. The molecule has 16 heavy (non-hydrogen) atoms. The Morgan fingerprint density at radius 2 is 2.12 bits per heavy atom. The Labute approximate surface area is 94.3 Å². The summed E-state index contributed by atoms with van der Waals surface area (Å²) in [5, 5.41) is 0. The molecule has 0 radical (unpaired) electrons. The smallest absolute Gasteiger partial charge is 0.190 e. The van der Waals surface area contributed by atoms with Gasteiger partial charge in [0.15, 0.2) is 5.79 Å². The van der Waals surface area contributed by atoms with E-state index in [1.165, 1.54) is 0 Å². The Morgan fingerprint density at radius 3 is 2.81 bits per heavy atom. The predicted molar refractivity (Wildman–Crippen MR) is 54.7 cm³/mol. The van der Waals surface area contributed by atoms with Crippen LogP contribution in [0, 0.1) is 11.3 Å². The summed E-state index contributed by atoms with van der Waals surface area (Å²) in [4.78, 5) is 24.1. The average Bonchev–Trinajstić information content (AvgIpc) is 2.52. The van der Waals surface area contributed by atoms with Gasteiger partial charge in [0.2, 0.25) is 0 Å². The third kappa shape index (κ3) is 0.931. The fourth-order valence-electron chi connectivity index (χ4n) is 3.66. The lowest BCUT2D eigenvalue weighted by Crippen LogP contribution is -2.62. The summed E-state index contributed by atoms with van der Waals surface area (Å²) in [7, 11) is 1.55. The maximum absolute atomic E-state index is 12.1. The van der Waals surface area contributed by atoms with Crippen LogP contribution >= 0.6 is 0 Å². The van der Waals surface area contributed by atoms with Crippen LogP contribution in [0.2, 0.25) is 0 Å². The number of carbonyl (C=O) groups is 2. The third-order valence-electron chi connectivity index (χ3n) is 4.66. The second-order valence-electron chi connectivity index (χ2n) is 5.33. The van der Waals surface area contributed by atoms with Gasteiger partial charge in [0, 0.05) is 20.0 Å². The minimum Gasteiger partial charge on any atom is -0.351 e. The Bertz CT molecular complexity index is 377. The van der Waals surface area contributed by atoms with Crippen LogP contribution in [0.5, 0.6) is 0 Å². The van der Waals surface area contributed by atoms with Crippen LogP contribution in [0.3, 0.4) is 0 Å². The highest BCUT2D eigenvalue weighted by Gasteiger charge is 2.70. The van der Waals surface area contributed by atoms with Crippen molar-refractivity contribution in [1.82, 2.24) is 0 Å². The van der Waals surface area contributed by atoms with Crippen molar-refractivity contribution in [2.75, 3.05) is 7.11 Å². The van der Waals surface area contributed by atoms with Gasteiger partial charge in [-0.2, -0.15) is 0 Å². The molecule has 4 unspecified atom stereocenters. The Hall–Kier alpha value is -0.740. The molecule has 0 amide bonds. The lowest BCUT2D eigenvalue weighted by Gasteiger charge is -2.52. The first-order valence-electron chi connectivity index (χ1n) is 5.82. The summed E-state index contributed by atoms with van der Waals surface area (Å²) in [5.41, 5.74) is -0.626. The molecular weight excluding hydrogens is 208 g/mol. The third-order valence-corrected chi connectivity index (χ3v) is 4.66. The summed E-state index contributed by atoms with van der Waals surface area (Å²) in [6.07, 6.45) is 2.23. The van der Waals surface area contributed by atoms with Crippen molar-refractivity contribution >= 4 is 11.6 Å². The zero-order chi connectivity index (χ0) is 11.6. The molecule has 3 rings (SSSR count). The first-order chi connectivity index (χ1) is 7.53. The number of fused-ring (bicyclic) bond motifs is 1. The second-order valence-corrected chi connectivity index (χ2v) is 5.33. The van der Waals surface area contributed by atoms with E-state index in [1.54, 1.807) is 7.11 Å². The molecule has 0 N–H and O–H groups in total. The minimum atomic E-state index is -0.970. The number of hydrogen-bond acceptors (Lipinski definition) is 4. The van der Waals surface area contributed by atoms with Crippen molar-refractivity contribution in [3.63, 3.8) is 0 Å². The van der Waals surface area contributed by atoms with Crippen molar-refractivity contribution in [2.45, 2.75) is 44.5 Å². The van der Waals surface area contributed by atoms with E-state index in [1.807, 2.05) is 6.92 Å². The van der Waals surface area contributed by atoms with E-state index in [0.717, 1.165) is 12.8 Å². The summed E-state index contributed by atoms with van der Waals surface area (Å²) >= 11 is 0. The topological polar surface area (TPSA) is 52.6 Å². The van der Waals surface area contributed by atoms with Gasteiger partial charge in [0.25, 0.3) is 0 Å². The van der Waals surface area contributed by atoms with E-state index >= 15 is 0 Å². The highest BCUT2D eigenvalue weighted by Crippen LogP contribution is 2.59. The van der Waals surface area contributed by atoms with Crippen molar-refractivity contribution in [3.05, 3.63) is 0 Å². The van der Waals surface area contributed by atoms with Gasteiger partial charge in [-0.25, -0.2) is 0 Å². The molecule has 2 aliphatic heterocycles. The van der Waals surface area contributed by atoms with E-state index in [4.69, 9.17) is 9.47 Å². The zero-order valence-electron chi connectivity index (χ0n) is 9.62. The van der Waals surface area contributed by atoms with Crippen LogP contribution in [-0.4, -0.2) is 30.6 Å². The number of rotatable bonds is 1. The van der Waals surface area contributed by atoms with Gasteiger partial charge in [0.05, 0.1) is 17.4 Å². The number of Topliss-reactive ketones (excluding diaryl/α,β-unsaturated/α-hetero) is 2. The number of hydrogen-bond donors (Lipinski definition) is 0. The second kappa shape index (κ2) is 2.93. The number of carbonyl (C=O) groups excluding carboxylic acids is 2. The SMILES string of the molecule is COC12OC3CCC1(C)C(=O)CC2C(=O)C3. The number of ketones is 2. The van der Waals surface area contributed by atoms with Gasteiger partial charge >= 0.3 is 0 Å². The molecule has 0 aromatic carbocycles. The first kappa shape index (κ1) is 10.4. The van der Waals surface area contributed by atoms with Gasteiger partial charge in [-0.15, -0.1) is 0 Å². The molecule has 2 heterocycles. The monoisotopic (exact) mass is 224 g/mol. The summed E-state index contributed by atoms with van der Waals surface area (Å²) in [5.74, 6) is -1.10. The fraction of sp³-hybridized carbons (Fsp3) is 0.833. The quantitative estimate of drug-likeness (QED) is 0.668. The molecule has 3 fully saturated rings. The molecule has 2 saturated heterocycles. The molecule has 0 spiro atoms. The van der Waals surface area contributed by atoms with Crippen LogP contribution in [0.1, 0.15) is 32.6 Å². The fourth-order valence-corrected chi connectivity index (χ4v) is 3.66. The molecular formula is C12H16O4. The van der Waals surface area contributed by atoms with E-state index in [9.17, 15) is 9.59 Å². The first-order valence-corrected chi connectivity index (χ1v) is 5.82. The maximum atomic E-state index is 12.1. The average molecular weight is 224 g/mol. The van der Waals surface area contributed by atoms with E-state index in [-0.39, 0.29) is 30.0 Å². The molecule has 0 aromatic heterocycles. The Balaban J connectivity index is 2.15. The minimum absolute atomic E-state index is 0.0531. The normalized spacial score (nSPS) is 50.9. The predicted octanol–water partition coefficient (Wildman–Crippen LogP) is 1.08. The van der Waals surface area contributed by atoms with Crippen molar-refractivity contribution < 1.29 is 19.1 Å². The molecule has 4 nitrogen and oxygen atoms in total. The molecule has 3 aliphatic rings. The van der Waals surface area contributed by atoms with Crippen LogP contribution in [0.25, 0.3) is 0 Å². The van der Waals surface area contributed by atoms with Gasteiger partial charge in [-0.3, -0.25) is 9.59 Å². The molecule has 88 valence electrons. The molecule has 4 atom stereocenters. The Kier molecular flexibility index (Phi) is 1.91. The standard InChI is InChI=1S/C12H16O4/c1-11-4-3-7-5-9(13)8(6-10(11)14)12(11,15-2)16-7/h7-8H,3-6H2,1-2H3. The highest BCUT2D eigenvalue weighted by molar-refractivity contribution is 5.97. The number of methoxy groups -OCH3 is 1. The van der Waals surface area contributed by atoms with Crippen LogP contribution < -0.4 is 0 Å². The lowest BCUT2D eigenvalue weighted by atomic mass is 9.70. The molecule has 1 saturated carbocycles. The van der Waals surface area contributed by atoms with Gasteiger partial charge in [-0.1, -0.05) is 0 Å². The van der Waals surface area contributed by atoms with Crippen molar-refractivity contribution in [1.29, 1.82) is 0 Å². The Morgan fingerprint density at radius 1 is 1.38 bits per heavy atom. The summed E-state index contributed by atoms with van der Waals surface area (Å²) in [6, 6.07) is 0. The molecule has 0 aromatic rings. The zero-order valence-corrected chi connectivity index (χ0v) is 9.62. The summed E-state index contributed by atoms with van der Waals surface area (Å²) in [6.45, 7) is 1.88.